The molecule has 0 amide bonds. The Kier molecular flexibility index (Phi) is 5.48. The number of nitrogens with two attached hydrogens (primary N) is 1. The second-order valence-electron chi connectivity index (χ2n) is 4.40. The Bertz CT molecular complexity index is 445. The Balaban J connectivity index is 2.95. The van der Waals surface area contributed by atoms with E-state index >= 15 is 0 Å². The topological polar surface area (TPSA) is 70.8 Å². The summed E-state index contributed by atoms with van der Waals surface area (Å²) < 4.78 is 15.4. The molecule has 0 saturated heterocycles. The molecule has 0 spiro atoms. The van der Waals surface area contributed by atoms with Crippen LogP contribution in [0, 0.1) is 5.92 Å². The minimum Gasteiger partial charge on any atom is -0.497 e. The highest BCUT2D eigenvalue weighted by atomic mass is 16.5. The first-order valence-electron chi connectivity index (χ1n) is 6.22. The first-order valence-corrected chi connectivity index (χ1v) is 6.22. The van der Waals surface area contributed by atoms with Gasteiger partial charge in [-0.05, 0) is 12.0 Å². The number of hydrogen-bond donors (Lipinski definition) is 1. The summed E-state index contributed by atoms with van der Waals surface area (Å²) in [7, 11) is 3.00. The Labute approximate surface area is 113 Å². The summed E-state index contributed by atoms with van der Waals surface area (Å²) in [5, 5.41) is 0. The van der Waals surface area contributed by atoms with Crippen LogP contribution in [0.4, 0.5) is 5.69 Å². The van der Waals surface area contributed by atoms with Crippen molar-refractivity contribution in [1.29, 1.82) is 0 Å². The van der Waals surface area contributed by atoms with Gasteiger partial charge < -0.3 is 19.9 Å². The number of carbonyl (C=O) groups excluding carboxylic acids is 1. The Morgan fingerprint density at radius 2 is 2.00 bits per heavy atom. The number of ether oxygens (including phenoxy) is 3. The maximum Gasteiger partial charge on any atom is 0.340 e. The third-order valence-electron chi connectivity index (χ3n) is 2.99. The average molecular weight is 267 g/mol. The van der Waals surface area contributed by atoms with E-state index in [9.17, 15) is 4.79 Å². The Hall–Kier alpha value is -1.91. The van der Waals surface area contributed by atoms with E-state index in [0.717, 1.165) is 6.42 Å². The van der Waals surface area contributed by atoms with E-state index in [1.807, 2.05) is 13.8 Å². The SMILES string of the molecule is CCC(C)COC(=O)c1cc(OC)cc(OC)c1N. The highest BCUT2D eigenvalue weighted by Gasteiger charge is 2.17. The summed E-state index contributed by atoms with van der Waals surface area (Å²) in [5.41, 5.74) is 6.40. The second kappa shape index (κ2) is 6.87. The fourth-order valence-corrected chi connectivity index (χ4v) is 1.47. The molecule has 0 bridgehead atoms. The third-order valence-corrected chi connectivity index (χ3v) is 2.99. The molecule has 1 aromatic rings. The number of benzene rings is 1. The van der Waals surface area contributed by atoms with Gasteiger partial charge in [-0.15, -0.1) is 0 Å². The van der Waals surface area contributed by atoms with Crippen molar-refractivity contribution in [2.75, 3.05) is 26.6 Å². The van der Waals surface area contributed by atoms with Gasteiger partial charge in [0.2, 0.25) is 0 Å². The van der Waals surface area contributed by atoms with Crippen LogP contribution in [-0.2, 0) is 4.74 Å². The molecule has 0 aliphatic heterocycles. The van der Waals surface area contributed by atoms with Gasteiger partial charge in [-0.2, -0.15) is 0 Å². The highest BCUT2D eigenvalue weighted by Crippen LogP contribution is 2.31. The van der Waals surface area contributed by atoms with E-state index in [4.69, 9.17) is 19.9 Å². The first kappa shape index (κ1) is 15.1. The number of nitrogen functional groups attached to an aromatic ring is 1. The molecule has 2 N–H and O–H groups in total. The van der Waals surface area contributed by atoms with Crippen molar-refractivity contribution in [1.82, 2.24) is 0 Å². The van der Waals surface area contributed by atoms with Gasteiger partial charge >= 0.3 is 5.97 Å². The molecule has 1 rings (SSSR count). The molecule has 1 unspecified atom stereocenters. The van der Waals surface area contributed by atoms with E-state index < -0.39 is 5.97 Å². The molecule has 0 fully saturated rings. The van der Waals surface area contributed by atoms with Gasteiger partial charge in [0, 0.05) is 6.07 Å². The summed E-state index contributed by atoms with van der Waals surface area (Å²) >= 11 is 0. The Morgan fingerprint density at radius 1 is 1.32 bits per heavy atom. The van der Waals surface area contributed by atoms with E-state index in [-0.39, 0.29) is 11.3 Å². The zero-order valence-corrected chi connectivity index (χ0v) is 11.9. The highest BCUT2D eigenvalue weighted by molar-refractivity contribution is 5.97. The zero-order valence-electron chi connectivity index (χ0n) is 11.9. The minimum atomic E-state index is -0.463. The molecule has 5 heteroatoms. The van der Waals surface area contributed by atoms with Gasteiger partial charge in [-0.1, -0.05) is 20.3 Å². The molecule has 0 aliphatic rings. The third kappa shape index (κ3) is 3.77. The van der Waals surface area contributed by atoms with Crippen molar-refractivity contribution in [2.24, 2.45) is 5.92 Å². The number of methoxy groups -OCH3 is 2. The molecule has 1 aromatic carbocycles. The van der Waals surface area contributed by atoms with Crippen molar-refractivity contribution < 1.29 is 19.0 Å². The lowest BCUT2D eigenvalue weighted by molar-refractivity contribution is 0.0447. The molecule has 0 saturated carbocycles. The van der Waals surface area contributed by atoms with Gasteiger partial charge in [0.15, 0.2) is 0 Å². The minimum absolute atomic E-state index is 0.262. The van der Waals surface area contributed by atoms with E-state index in [1.54, 1.807) is 12.1 Å². The van der Waals surface area contributed by atoms with Crippen LogP contribution in [0.3, 0.4) is 0 Å². The number of anilines is 1. The van der Waals surface area contributed by atoms with Crippen LogP contribution in [-0.4, -0.2) is 26.8 Å². The molecule has 1 atom stereocenters. The lowest BCUT2D eigenvalue weighted by atomic mass is 10.1. The molecule has 0 aromatic heterocycles. The summed E-state index contributed by atoms with van der Waals surface area (Å²) in [6, 6.07) is 3.18. The lowest BCUT2D eigenvalue weighted by Gasteiger charge is -2.13. The van der Waals surface area contributed by atoms with Crippen molar-refractivity contribution in [3.05, 3.63) is 17.7 Å². The van der Waals surface area contributed by atoms with Gasteiger partial charge in [0.05, 0.1) is 32.1 Å². The van der Waals surface area contributed by atoms with Gasteiger partial charge in [0.25, 0.3) is 0 Å². The van der Waals surface area contributed by atoms with Crippen LogP contribution in [0.25, 0.3) is 0 Å². The van der Waals surface area contributed by atoms with Crippen LogP contribution in [0.2, 0.25) is 0 Å². The van der Waals surface area contributed by atoms with Crippen molar-refractivity contribution in [3.63, 3.8) is 0 Å². The lowest BCUT2D eigenvalue weighted by Crippen LogP contribution is -2.14. The number of hydrogen-bond acceptors (Lipinski definition) is 5. The van der Waals surface area contributed by atoms with Crippen LogP contribution in [0.5, 0.6) is 11.5 Å². The van der Waals surface area contributed by atoms with Crippen LogP contribution in [0.1, 0.15) is 30.6 Å². The normalized spacial score (nSPS) is 11.8. The fourth-order valence-electron chi connectivity index (χ4n) is 1.47. The number of rotatable bonds is 6. The molecular formula is C14H21NO4. The average Bonchev–Trinajstić information content (AvgIpc) is 2.44. The monoisotopic (exact) mass is 267 g/mol. The van der Waals surface area contributed by atoms with Gasteiger partial charge in [0.1, 0.15) is 11.5 Å². The van der Waals surface area contributed by atoms with E-state index in [2.05, 4.69) is 0 Å². The molecule has 0 heterocycles. The van der Waals surface area contributed by atoms with Crippen molar-refractivity contribution in [3.8, 4) is 11.5 Å². The maximum atomic E-state index is 12.0. The van der Waals surface area contributed by atoms with Crippen LogP contribution in [0.15, 0.2) is 12.1 Å². The van der Waals surface area contributed by atoms with Gasteiger partial charge in [-0.25, -0.2) is 4.79 Å². The van der Waals surface area contributed by atoms with Gasteiger partial charge in [-0.3, -0.25) is 0 Å². The predicted octanol–water partition coefficient (Wildman–Crippen LogP) is 2.49. The largest absolute Gasteiger partial charge is 0.497 e. The molecule has 5 nitrogen and oxygen atoms in total. The smallest absolute Gasteiger partial charge is 0.340 e. The summed E-state index contributed by atoms with van der Waals surface area (Å²) in [4.78, 5) is 12.0. The van der Waals surface area contributed by atoms with Crippen molar-refractivity contribution in [2.45, 2.75) is 20.3 Å². The second-order valence-corrected chi connectivity index (χ2v) is 4.40. The molecular weight excluding hydrogens is 246 g/mol. The first-order chi connectivity index (χ1) is 9.03. The quantitative estimate of drug-likeness (QED) is 0.633. The molecule has 0 radical (unpaired) electrons. The fraction of sp³-hybridized carbons (Fsp3) is 0.500. The van der Waals surface area contributed by atoms with Crippen LogP contribution >= 0.6 is 0 Å². The number of esters is 1. The predicted molar refractivity (Wildman–Crippen MR) is 73.7 cm³/mol. The standard InChI is InChI=1S/C14H21NO4/c1-5-9(2)8-19-14(16)11-6-10(17-3)7-12(18-4)13(11)15/h6-7,9H,5,8,15H2,1-4H3. The summed E-state index contributed by atoms with van der Waals surface area (Å²) in [5.74, 6) is 0.754. The number of carbonyl (C=O) groups is 1. The molecule has 0 aliphatic carbocycles. The summed E-state index contributed by atoms with van der Waals surface area (Å²) in [6.45, 7) is 4.43. The Morgan fingerprint density at radius 3 is 2.53 bits per heavy atom. The van der Waals surface area contributed by atoms with E-state index in [1.165, 1.54) is 14.2 Å². The maximum absolute atomic E-state index is 12.0. The van der Waals surface area contributed by atoms with Crippen molar-refractivity contribution >= 4 is 11.7 Å². The molecule has 106 valence electrons. The van der Waals surface area contributed by atoms with Crippen LogP contribution < -0.4 is 15.2 Å². The molecule has 19 heavy (non-hydrogen) atoms. The zero-order chi connectivity index (χ0) is 14.4. The van der Waals surface area contributed by atoms with E-state index in [0.29, 0.717) is 24.0 Å². The summed E-state index contributed by atoms with van der Waals surface area (Å²) in [6.07, 6.45) is 0.949.